The van der Waals surface area contributed by atoms with E-state index >= 15 is 0 Å². The summed E-state index contributed by atoms with van der Waals surface area (Å²) in [4.78, 5) is 12.2. The molecule has 1 saturated heterocycles. The number of hydrogen-bond donors (Lipinski definition) is 0. The third-order valence-corrected chi connectivity index (χ3v) is 6.63. The highest BCUT2D eigenvalue weighted by atomic mass is 15.2. The molecule has 1 saturated carbocycles. The van der Waals surface area contributed by atoms with Crippen LogP contribution in [-0.2, 0) is 0 Å². The summed E-state index contributed by atoms with van der Waals surface area (Å²) in [5.74, 6) is 0.285. The molecule has 140 valence electrons. The minimum absolute atomic E-state index is 0.141. The van der Waals surface area contributed by atoms with Crippen LogP contribution in [0.15, 0.2) is 65.4 Å². The predicted octanol–water partition coefficient (Wildman–Crippen LogP) is 4.45. The van der Waals surface area contributed by atoms with Crippen LogP contribution in [0.5, 0.6) is 0 Å². The van der Waals surface area contributed by atoms with Crippen molar-refractivity contribution in [3.05, 3.63) is 71.7 Å². The van der Waals surface area contributed by atoms with E-state index in [1.54, 1.807) is 0 Å². The van der Waals surface area contributed by atoms with Gasteiger partial charge in [0, 0.05) is 17.7 Å². The molecule has 0 spiro atoms. The summed E-state index contributed by atoms with van der Waals surface area (Å²) in [5, 5.41) is 10.1. The van der Waals surface area contributed by atoms with Crippen molar-refractivity contribution < 1.29 is 0 Å². The summed E-state index contributed by atoms with van der Waals surface area (Å²) >= 11 is 0. The lowest BCUT2D eigenvalue weighted by Crippen LogP contribution is -2.55. The van der Waals surface area contributed by atoms with Gasteiger partial charge in [0.15, 0.2) is 0 Å². The fourth-order valence-corrected chi connectivity index (χ4v) is 5.59. The van der Waals surface area contributed by atoms with E-state index in [1.165, 1.54) is 12.8 Å². The minimum atomic E-state index is -0.141. The molecule has 28 heavy (non-hydrogen) atoms. The number of nitrogens with zero attached hydrogens (tertiary/aromatic N) is 4. The topological polar surface area (TPSA) is 52.3 Å². The van der Waals surface area contributed by atoms with E-state index in [4.69, 9.17) is 4.99 Å². The third-order valence-electron chi connectivity index (χ3n) is 6.63. The average Bonchev–Trinajstić information content (AvgIpc) is 3.44. The van der Waals surface area contributed by atoms with Gasteiger partial charge in [0.2, 0.25) is 0 Å². The van der Waals surface area contributed by atoms with Crippen molar-refractivity contribution in [2.75, 3.05) is 13.1 Å². The number of rotatable bonds is 3. The van der Waals surface area contributed by atoms with Gasteiger partial charge in [-0.05, 0) is 56.5 Å². The Balaban J connectivity index is 1.78. The number of hydrogen-bond acceptors (Lipinski definition) is 4. The first-order valence-corrected chi connectivity index (χ1v) is 10.3. The molecule has 2 atom stereocenters. The first-order chi connectivity index (χ1) is 13.8. The molecule has 1 aromatic heterocycles. The van der Waals surface area contributed by atoms with Gasteiger partial charge in [-0.1, -0.05) is 42.8 Å². The second-order valence-electron chi connectivity index (χ2n) is 7.98. The lowest BCUT2D eigenvalue weighted by molar-refractivity contribution is 0.156. The number of pyridine rings is 1. The molecule has 2 aromatic rings. The smallest absolute Gasteiger partial charge is 0.146 e. The summed E-state index contributed by atoms with van der Waals surface area (Å²) in [6, 6.07) is 18.9. The molecule has 0 radical (unpaired) electrons. The maximum Gasteiger partial charge on any atom is 0.146 e. The van der Waals surface area contributed by atoms with Crippen LogP contribution in [-0.4, -0.2) is 34.2 Å². The average molecular weight is 368 g/mol. The summed E-state index contributed by atoms with van der Waals surface area (Å²) in [7, 11) is 0. The van der Waals surface area contributed by atoms with E-state index in [-0.39, 0.29) is 11.5 Å². The van der Waals surface area contributed by atoms with Crippen molar-refractivity contribution in [1.29, 1.82) is 5.26 Å². The molecule has 4 heteroatoms. The number of benzene rings is 1. The van der Waals surface area contributed by atoms with Gasteiger partial charge >= 0.3 is 0 Å². The molecule has 5 rings (SSSR count). The Morgan fingerprint density at radius 3 is 2.50 bits per heavy atom. The van der Waals surface area contributed by atoms with E-state index in [1.807, 2.05) is 30.5 Å². The summed E-state index contributed by atoms with van der Waals surface area (Å²) in [5.41, 5.74) is 4.62. The zero-order valence-corrected chi connectivity index (χ0v) is 16.0. The van der Waals surface area contributed by atoms with Crippen LogP contribution in [0.3, 0.4) is 0 Å². The van der Waals surface area contributed by atoms with Crippen LogP contribution in [0.1, 0.15) is 43.4 Å². The first kappa shape index (κ1) is 17.3. The molecular weight excluding hydrogens is 344 g/mol. The molecule has 4 nitrogen and oxygen atoms in total. The van der Waals surface area contributed by atoms with Crippen LogP contribution in [0.4, 0.5) is 0 Å². The Morgan fingerprint density at radius 1 is 1.00 bits per heavy atom. The Hall–Kier alpha value is -2.77. The number of aromatic nitrogens is 1. The summed E-state index contributed by atoms with van der Waals surface area (Å²) in [6.07, 6.45) is 7.62. The fraction of sp³-hybridized carbons (Fsp3) is 0.375. The van der Waals surface area contributed by atoms with Crippen LogP contribution in [0.25, 0.3) is 5.57 Å². The van der Waals surface area contributed by atoms with Gasteiger partial charge in [0.05, 0.1) is 16.9 Å². The SMILES string of the molecule is N#CC1=C(c2ccccc2)C2(N3CCCC3)CCCC2C(c2ccccn2)=N1. The van der Waals surface area contributed by atoms with Crippen LogP contribution in [0, 0.1) is 17.2 Å². The Morgan fingerprint density at radius 2 is 1.79 bits per heavy atom. The molecule has 1 aliphatic carbocycles. The molecule has 0 bridgehead atoms. The highest BCUT2D eigenvalue weighted by Gasteiger charge is 2.55. The van der Waals surface area contributed by atoms with Gasteiger partial charge in [-0.15, -0.1) is 0 Å². The first-order valence-electron chi connectivity index (χ1n) is 10.3. The van der Waals surface area contributed by atoms with E-state index in [9.17, 15) is 5.26 Å². The van der Waals surface area contributed by atoms with Crippen molar-refractivity contribution in [3.63, 3.8) is 0 Å². The molecule has 2 unspecified atom stereocenters. The maximum absolute atomic E-state index is 10.1. The third kappa shape index (κ3) is 2.54. The van der Waals surface area contributed by atoms with E-state index in [0.717, 1.165) is 54.9 Å². The predicted molar refractivity (Wildman–Crippen MR) is 111 cm³/mol. The van der Waals surface area contributed by atoms with Crippen molar-refractivity contribution in [1.82, 2.24) is 9.88 Å². The number of aliphatic imine (C=N–C) groups is 1. The monoisotopic (exact) mass is 368 g/mol. The molecular formula is C24H24N4. The van der Waals surface area contributed by atoms with Gasteiger partial charge in [-0.2, -0.15) is 5.26 Å². The second-order valence-corrected chi connectivity index (χ2v) is 7.98. The number of allylic oxidation sites excluding steroid dienone is 1. The Kier molecular flexibility index (Phi) is 4.33. The Labute approximate surface area is 166 Å². The van der Waals surface area contributed by atoms with Crippen LogP contribution < -0.4 is 0 Å². The molecule has 0 N–H and O–H groups in total. The van der Waals surface area contributed by atoms with Crippen molar-refractivity contribution in [2.45, 2.75) is 37.6 Å². The molecule has 3 heterocycles. The second kappa shape index (κ2) is 7.00. The number of nitriles is 1. The lowest BCUT2D eigenvalue weighted by Gasteiger charge is -2.47. The molecule has 1 aromatic carbocycles. The molecule has 3 aliphatic rings. The van der Waals surface area contributed by atoms with E-state index in [2.05, 4.69) is 40.2 Å². The minimum Gasteiger partial charge on any atom is -0.293 e. The molecule has 2 fully saturated rings. The summed E-state index contributed by atoms with van der Waals surface area (Å²) in [6.45, 7) is 2.20. The zero-order valence-electron chi connectivity index (χ0n) is 16.0. The van der Waals surface area contributed by atoms with Gasteiger partial charge in [-0.25, -0.2) is 4.99 Å². The fourth-order valence-electron chi connectivity index (χ4n) is 5.59. The lowest BCUT2D eigenvalue weighted by atomic mass is 9.70. The normalized spacial score (nSPS) is 27.4. The van der Waals surface area contributed by atoms with Crippen LogP contribution >= 0.6 is 0 Å². The quantitative estimate of drug-likeness (QED) is 0.804. The largest absolute Gasteiger partial charge is 0.293 e. The highest BCUT2D eigenvalue weighted by Crippen LogP contribution is 2.54. The number of likely N-dealkylation sites (tertiary alicyclic amines) is 1. The molecule has 0 amide bonds. The van der Waals surface area contributed by atoms with E-state index < -0.39 is 0 Å². The van der Waals surface area contributed by atoms with Gasteiger partial charge < -0.3 is 0 Å². The highest BCUT2D eigenvalue weighted by molar-refractivity contribution is 6.07. The summed E-state index contributed by atoms with van der Waals surface area (Å²) < 4.78 is 0. The van der Waals surface area contributed by atoms with Gasteiger partial charge in [0.25, 0.3) is 0 Å². The van der Waals surface area contributed by atoms with Crippen LogP contribution in [0.2, 0.25) is 0 Å². The Bertz CT molecular complexity index is 965. The number of fused-ring (bicyclic) bond motifs is 1. The van der Waals surface area contributed by atoms with Gasteiger partial charge in [-0.3, -0.25) is 9.88 Å². The zero-order chi connectivity index (χ0) is 19.0. The van der Waals surface area contributed by atoms with Crippen molar-refractivity contribution in [3.8, 4) is 6.07 Å². The maximum atomic E-state index is 10.1. The standard InChI is InChI=1S/C24H24N4/c25-17-21-22(18-9-2-1-3-10-18)24(28-15-6-7-16-28)13-8-11-19(24)23(27-21)20-12-4-5-14-26-20/h1-5,9-10,12,14,19H,6-8,11,13,15-16H2. The van der Waals surface area contributed by atoms with E-state index in [0.29, 0.717) is 5.70 Å². The molecule has 2 aliphatic heterocycles. The van der Waals surface area contributed by atoms with Gasteiger partial charge in [0.1, 0.15) is 11.8 Å². The van der Waals surface area contributed by atoms with Crippen molar-refractivity contribution >= 4 is 11.3 Å². The van der Waals surface area contributed by atoms with Crippen molar-refractivity contribution in [2.24, 2.45) is 10.9 Å².